The van der Waals surface area contributed by atoms with E-state index in [-0.39, 0.29) is 12.6 Å². The van der Waals surface area contributed by atoms with Gasteiger partial charge in [-0.3, -0.25) is 4.79 Å². The molecule has 0 bridgehead atoms. The number of carboxylic acids is 2. The Morgan fingerprint density at radius 3 is 2.05 bits per heavy atom. The lowest BCUT2D eigenvalue weighted by atomic mass is 10.2. The van der Waals surface area contributed by atoms with Crippen LogP contribution in [0, 0.1) is 0 Å². The van der Waals surface area contributed by atoms with Crippen molar-refractivity contribution in [3.63, 3.8) is 0 Å². The van der Waals surface area contributed by atoms with Gasteiger partial charge >= 0.3 is 18.0 Å². The maximum atomic E-state index is 10.1. The van der Waals surface area contributed by atoms with Crippen LogP contribution in [-0.4, -0.2) is 63.7 Å². The van der Waals surface area contributed by atoms with Crippen LogP contribution >= 0.6 is 0 Å². The minimum atomic E-state index is -1.79. The maximum absolute atomic E-state index is 10.1. The number of urea groups is 1. The van der Waals surface area contributed by atoms with Crippen molar-refractivity contribution in [1.29, 1.82) is 0 Å². The van der Waals surface area contributed by atoms with Crippen molar-refractivity contribution in [1.82, 2.24) is 5.32 Å². The average Bonchev–Trinajstić information content (AvgIpc) is 2.33. The summed E-state index contributed by atoms with van der Waals surface area (Å²) in [6.45, 7) is 0.500. The van der Waals surface area contributed by atoms with Crippen molar-refractivity contribution < 1.29 is 34.8 Å². The predicted molar refractivity (Wildman–Crippen MR) is 67.8 cm³/mol. The Kier molecular flexibility index (Phi) is 12.4. The van der Waals surface area contributed by atoms with Gasteiger partial charge in [-0.1, -0.05) is 0 Å². The highest BCUT2D eigenvalue weighted by molar-refractivity contribution is 5.79. The molecule has 0 saturated carbocycles. The lowest BCUT2D eigenvalue weighted by molar-refractivity contribution is -0.152. The van der Waals surface area contributed by atoms with Gasteiger partial charge in [-0.05, 0) is 12.8 Å². The fourth-order valence-electron chi connectivity index (χ4n) is 0.920. The van der Waals surface area contributed by atoms with Crippen LogP contribution in [-0.2, 0) is 9.59 Å². The molecule has 9 N–H and O–H groups in total. The number of aliphatic hydroxyl groups is 2. The van der Waals surface area contributed by atoms with Crippen molar-refractivity contribution in [2.24, 2.45) is 11.5 Å². The summed E-state index contributed by atoms with van der Waals surface area (Å²) in [5.41, 5.74) is 10.2. The van der Waals surface area contributed by atoms with Crippen LogP contribution in [0.4, 0.5) is 4.79 Å². The molecule has 0 aromatic heterocycles. The normalized spacial score (nSPS) is 12.6. The van der Waals surface area contributed by atoms with Crippen LogP contribution in [0.1, 0.15) is 19.3 Å². The molecule has 20 heavy (non-hydrogen) atoms. The summed E-state index contributed by atoms with van der Waals surface area (Å²) >= 11 is 0. The van der Waals surface area contributed by atoms with Crippen LogP contribution in [0.25, 0.3) is 0 Å². The largest absolute Gasteiger partial charge is 0.481 e. The van der Waals surface area contributed by atoms with E-state index in [1.807, 2.05) is 0 Å². The summed E-state index contributed by atoms with van der Waals surface area (Å²) < 4.78 is 0. The number of rotatable bonds is 8. The molecule has 0 aromatic carbocycles. The van der Waals surface area contributed by atoms with Crippen LogP contribution in [0.15, 0.2) is 0 Å². The number of aliphatic hydroxyl groups excluding tert-OH is 2. The molecule has 10 heteroatoms. The first-order valence-corrected chi connectivity index (χ1v) is 5.73. The average molecular weight is 295 g/mol. The van der Waals surface area contributed by atoms with Crippen molar-refractivity contribution in [3.05, 3.63) is 0 Å². The van der Waals surface area contributed by atoms with Crippen molar-refractivity contribution in [2.75, 3.05) is 13.2 Å². The molecule has 2 amide bonds. The number of primary amides is 1. The second-order valence-corrected chi connectivity index (χ2v) is 3.83. The quantitative estimate of drug-likeness (QED) is 0.242. The Morgan fingerprint density at radius 1 is 1.20 bits per heavy atom. The summed E-state index contributed by atoms with van der Waals surface area (Å²) in [6, 6.07) is -0.716. The Morgan fingerprint density at radius 2 is 1.75 bits per heavy atom. The Bertz CT molecular complexity index is 311. The van der Waals surface area contributed by atoms with Crippen LogP contribution in [0.2, 0.25) is 0 Å². The number of carbonyl (C=O) groups excluding carboxylic acids is 1. The fourth-order valence-corrected chi connectivity index (χ4v) is 0.920. The summed E-state index contributed by atoms with van der Waals surface area (Å²) in [5, 5.41) is 35.1. The minimum absolute atomic E-state index is 0.0173. The first-order chi connectivity index (χ1) is 9.20. The van der Waals surface area contributed by atoms with Gasteiger partial charge in [-0.2, -0.15) is 0 Å². The van der Waals surface area contributed by atoms with Gasteiger partial charge in [0.1, 0.15) is 0 Å². The molecular weight excluding hydrogens is 274 g/mol. The van der Waals surface area contributed by atoms with Gasteiger partial charge in [0.25, 0.3) is 0 Å². The third-order valence-electron chi connectivity index (χ3n) is 1.94. The molecule has 10 nitrogen and oxygen atoms in total. The molecular formula is C10H21N3O7. The lowest BCUT2D eigenvalue weighted by Gasteiger charge is -2.06. The molecule has 0 aliphatic rings. The van der Waals surface area contributed by atoms with Gasteiger partial charge in [0.2, 0.25) is 0 Å². The Balaban J connectivity index is 0. The lowest BCUT2D eigenvalue weighted by Crippen LogP contribution is -2.31. The van der Waals surface area contributed by atoms with Gasteiger partial charge in [0.05, 0.1) is 13.0 Å². The zero-order valence-corrected chi connectivity index (χ0v) is 10.9. The molecule has 0 aliphatic carbocycles. The summed E-state index contributed by atoms with van der Waals surface area (Å²) in [7, 11) is 0. The molecule has 1 unspecified atom stereocenters. The number of aliphatic carboxylic acids is 2. The molecule has 0 spiro atoms. The van der Waals surface area contributed by atoms with Crippen LogP contribution in [0.5, 0.6) is 0 Å². The third-order valence-corrected chi connectivity index (χ3v) is 1.94. The number of carboxylic acid groups (broad SMARTS) is 2. The number of amides is 2. The first kappa shape index (κ1) is 20.4. The number of carbonyl (C=O) groups is 3. The van der Waals surface area contributed by atoms with E-state index in [2.05, 4.69) is 5.32 Å². The zero-order valence-electron chi connectivity index (χ0n) is 10.9. The van der Waals surface area contributed by atoms with Crippen molar-refractivity contribution >= 4 is 18.0 Å². The van der Waals surface area contributed by atoms with E-state index in [0.717, 1.165) is 6.42 Å². The van der Waals surface area contributed by atoms with Gasteiger partial charge in [-0.25, -0.2) is 9.59 Å². The topological polar surface area (TPSA) is 196 Å². The summed E-state index contributed by atoms with van der Waals surface area (Å²) in [5.74, 6) is -2.85. The summed E-state index contributed by atoms with van der Waals surface area (Å²) in [6.07, 6.45) is -1.11. The van der Waals surface area contributed by atoms with Gasteiger partial charge < -0.3 is 37.2 Å². The Labute approximate surface area is 115 Å². The number of nitrogens with two attached hydrogens (primary N) is 2. The van der Waals surface area contributed by atoms with Crippen LogP contribution in [0.3, 0.4) is 0 Å². The highest BCUT2D eigenvalue weighted by Gasteiger charge is 2.16. The standard InChI is InChI=1S/C6H15N3O2.C4H6O5/c7-5(4-10)2-1-3-9-6(8)11;5-2(4(8)9)1-3(6)7/h5,10H,1-4,7H2,(H3,8,9,11);2,5H,1H2,(H,6,7)(H,8,9)/t5-;/m0./s1. The van der Waals surface area contributed by atoms with E-state index in [1.165, 1.54) is 0 Å². The number of nitrogens with one attached hydrogen (secondary N) is 1. The monoisotopic (exact) mass is 295 g/mol. The predicted octanol–water partition coefficient (Wildman–Crippen LogP) is -2.34. The van der Waals surface area contributed by atoms with Crippen LogP contribution < -0.4 is 16.8 Å². The van der Waals surface area contributed by atoms with E-state index in [4.69, 9.17) is 31.9 Å². The minimum Gasteiger partial charge on any atom is -0.481 e. The SMILES string of the molecule is NC(=O)NCCC[C@H](N)CO.O=C(O)CC(O)C(=O)O. The molecule has 2 atom stereocenters. The van der Waals surface area contributed by atoms with Gasteiger partial charge in [0, 0.05) is 12.6 Å². The maximum Gasteiger partial charge on any atom is 0.333 e. The van der Waals surface area contributed by atoms with Crippen molar-refractivity contribution in [2.45, 2.75) is 31.4 Å². The van der Waals surface area contributed by atoms with Crippen molar-refractivity contribution in [3.8, 4) is 0 Å². The van der Waals surface area contributed by atoms with E-state index in [0.29, 0.717) is 13.0 Å². The first-order valence-electron chi connectivity index (χ1n) is 5.73. The van der Waals surface area contributed by atoms with E-state index < -0.39 is 30.5 Å². The molecule has 0 aliphatic heterocycles. The highest BCUT2D eigenvalue weighted by Crippen LogP contribution is 1.91. The molecule has 0 saturated heterocycles. The second-order valence-electron chi connectivity index (χ2n) is 3.83. The molecule has 0 fully saturated rings. The second kappa shape index (κ2) is 12.1. The zero-order chi connectivity index (χ0) is 16.1. The highest BCUT2D eigenvalue weighted by atomic mass is 16.4. The Hall–Kier alpha value is -1.91. The van der Waals surface area contributed by atoms with Gasteiger partial charge in [-0.15, -0.1) is 0 Å². The fraction of sp³-hybridized carbons (Fsp3) is 0.700. The number of hydrogen-bond donors (Lipinski definition) is 7. The van der Waals surface area contributed by atoms with E-state index >= 15 is 0 Å². The number of hydrogen-bond acceptors (Lipinski definition) is 6. The smallest absolute Gasteiger partial charge is 0.333 e. The van der Waals surface area contributed by atoms with E-state index in [9.17, 15) is 14.4 Å². The van der Waals surface area contributed by atoms with Gasteiger partial charge in [0.15, 0.2) is 6.10 Å². The molecule has 118 valence electrons. The van der Waals surface area contributed by atoms with E-state index in [1.54, 1.807) is 0 Å². The molecule has 0 rings (SSSR count). The molecule has 0 radical (unpaired) electrons. The third kappa shape index (κ3) is 16.1. The molecule has 0 aromatic rings. The molecule has 0 heterocycles. The summed E-state index contributed by atoms with van der Waals surface area (Å²) in [4.78, 5) is 29.6.